The fourth-order valence-electron chi connectivity index (χ4n) is 2.23. The highest BCUT2D eigenvalue weighted by Crippen LogP contribution is 2.35. The van der Waals surface area contributed by atoms with E-state index in [2.05, 4.69) is 26.4 Å². The first kappa shape index (κ1) is 14.6. The van der Waals surface area contributed by atoms with Crippen LogP contribution in [-0.4, -0.2) is 15.4 Å². The number of rotatable bonds is 4. The molecule has 0 spiro atoms. The molecule has 0 aliphatic heterocycles. The first-order valence-corrected chi connectivity index (χ1v) is 8.40. The van der Waals surface area contributed by atoms with Crippen molar-refractivity contribution in [3.8, 4) is 0 Å². The predicted molar refractivity (Wildman–Crippen MR) is 90.8 cm³/mol. The summed E-state index contributed by atoms with van der Waals surface area (Å²) in [6.45, 7) is 2.02. The minimum absolute atomic E-state index is 0.101. The van der Waals surface area contributed by atoms with E-state index in [4.69, 9.17) is 10.7 Å². The molecule has 2 N–H and O–H groups in total. The van der Waals surface area contributed by atoms with Crippen molar-refractivity contribution in [3.63, 3.8) is 0 Å². The van der Waals surface area contributed by atoms with Crippen LogP contribution in [0.1, 0.15) is 12.6 Å². The summed E-state index contributed by atoms with van der Waals surface area (Å²) in [5, 5.41) is 1.02. The van der Waals surface area contributed by atoms with Crippen molar-refractivity contribution < 1.29 is 0 Å². The Morgan fingerprint density at radius 3 is 2.76 bits per heavy atom. The van der Waals surface area contributed by atoms with Gasteiger partial charge >= 0.3 is 0 Å². The Morgan fingerprint density at radius 1 is 1.24 bits per heavy atom. The molecule has 2 aromatic heterocycles. The molecular weight excluding hydrogens is 346 g/mol. The number of imidazole rings is 1. The lowest BCUT2D eigenvalue weighted by Crippen LogP contribution is -2.19. The van der Waals surface area contributed by atoms with Gasteiger partial charge in [0.15, 0.2) is 0 Å². The lowest BCUT2D eigenvalue weighted by atomic mass is 10.2. The number of aromatic nitrogens is 2. The van der Waals surface area contributed by atoms with Crippen LogP contribution >= 0.6 is 27.7 Å². The maximum Gasteiger partial charge on any atom is 0.138 e. The summed E-state index contributed by atoms with van der Waals surface area (Å²) in [4.78, 5) is 5.91. The van der Waals surface area contributed by atoms with Gasteiger partial charge in [-0.05, 0) is 47.1 Å². The highest BCUT2D eigenvalue weighted by atomic mass is 79.9. The Kier molecular flexibility index (Phi) is 4.33. The van der Waals surface area contributed by atoms with E-state index in [0.717, 1.165) is 26.5 Å². The van der Waals surface area contributed by atoms with Gasteiger partial charge in [-0.2, -0.15) is 0 Å². The molecule has 1 unspecified atom stereocenters. The number of benzene rings is 1. The second-order valence-electron chi connectivity index (χ2n) is 5.01. The van der Waals surface area contributed by atoms with Crippen LogP contribution in [0.2, 0.25) is 0 Å². The molecule has 0 saturated carbocycles. The summed E-state index contributed by atoms with van der Waals surface area (Å²) in [5.41, 5.74) is 8.14. The molecule has 3 aromatic rings. The summed E-state index contributed by atoms with van der Waals surface area (Å²) in [6.07, 6.45) is 2.85. The van der Waals surface area contributed by atoms with Crippen LogP contribution in [0.3, 0.4) is 0 Å². The van der Waals surface area contributed by atoms with Crippen molar-refractivity contribution in [3.05, 3.63) is 58.8 Å². The molecule has 0 radical (unpaired) electrons. The summed E-state index contributed by atoms with van der Waals surface area (Å²) in [5.74, 6) is 0. The van der Waals surface area contributed by atoms with E-state index in [1.807, 2.05) is 49.5 Å². The number of hydrogen-bond donors (Lipinski definition) is 1. The maximum absolute atomic E-state index is 6.01. The third-order valence-electron chi connectivity index (χ3n) is 3.15. The van der Waals surface area contributed by atoms with Crippen molar-refractivity contribution in [2.45, 2.75) is 29.3 Å². The lowest BCUT2D eigenvalue weighted by molar-refractivity contribution is 0.705. The fourth-order valence-corrected chi connectivity index (χ4v) is 3.72. The van der Waals surface area contributed by atoms with E-state index < -0.39 is 0 Å². The van der Waals surface area contributed by atoms with Crippen LogP contribution in [0.25, 0.3) is 5.65 Å². The Bertz CT molecular complexity index is 767. The van der Waals surface area contributed by atoms with E-state index in [-0.39, 0.29) is 6.04 Å². The summed E-state index contributed by atoms with van der Waals surface area (Å²) in [6, 6.07) is 14.3. The number of nitrogens with zero attached hydrogens (tertiary/aromatic N) is 2. The van der Waals surface area contributed by atoms with Gasteiger partial charge in [0.25, 0.3) is 0 Å². The molecule has 3 nitrogen and oxygen atoms in total. The molecule has 0 aliphatic rings. The molecule has 108 valence electrons. The zero-order chi connectivity index (χ0) is 14.8. The van der Waals surface area contributed by atoms with Gasteiger partial charge in [-0.15, -0.1) is 0 Å². The van der Waals surface area contributed by atoms with Gasteiger partial charge < -0.3 is 10.1 Å². The fraction of sp³-hybridized carbons (Fsp3) is 0.188. The van der Waals surface area contributed by atoms with Crippen LogP contribution in [0, 0.1) is 0 Å². The number of nitrogens with two attached hydrogens (primary N) is 1. The third kappa shape index (κ3) is 3.15. The molecule has 0 bridgehead atoms. The molecule has 3 rings (SSSR count). The summed E-state index contributed by atoms with van der Waals surface area (Å²) >= 11 is 5.27. The van der Waals surface area contributed by atoms with Crippen LogP contribution in [0.5, 0.6) is 0 Å². The first-order valence-electron chi connectivity index (χ1n) is 6.79. The molecule has 1 aromatic carbocycles. The Balaban J connectivity index is 2.07. The quantitative estimate of drug-likeness (QED) is 0.759. The van der Waals surface area contributed by atoms with Gasteiger partial charge in [0.2, 0.25) is 0 Å². The van der Waals surface area contributed by atoms with Crippen LogP contribution in [0.4, 0.5) is 0 Å². The zero-order valence-electron chi connectivity index (χ0n) is 11.7. The number of hydrogen-bond acceptors (Lipinski definition) is 3. The van der Waals surface area contributed by atoms with Crippen LogP contribution < -0.4 is 5.73 Å². The largest absolute Gasteiger partial charge is 0.328 e. The van der Waals surface area contributed by atoms with Gasteiger partial charge in [0.05, 0.1) is 5.69 Å². The Morgan fingerprint density at radius 2 is 2.00 bits per heavy atom. The maximum atomic E-state index is 6.01. The average molecular weight is 362 g/mol. The van der Waals surface area contributed by atoms with Crippen molar-refractivity contribution in [1.29, 1.82) is 0 Å². The van der Waals surface area contributed by atoms with Gasteiger partial charge in [-0.3, -0.25) is 0 Å². The SMILES string of the molecule is CC(N)Cc1c(Sc2ccccc2Br)nc2ccccn12. The third-order valence-corrected chi connectivity index (χ3v) is 5.20. The van der Waals surface area contributed by atoms with E-state index in [1.165, 1.54) is 5.69 Å². The predicted octanol–water partition coefficient (Wildman–Crippen LogP) is 4.14. The van der Waals surface area contributed by atoms with Gasteiger partial charge in [-0.25, -0.2) is 4.98 Å². The molecule has 0 fully saturated rings. The Hall–Kier alpha value is -1.30. The number of halogens is 1. The molecule has 0 aliphatic carbocycles. The molecule has 21 heavy (non-hydrogen) atoms. The summed E-state index contributed by atoms with van der Waals surface area (Å²) in [7, 11) is 0. The highest BCUT2D eigenvalue weighted by Gasteiger charge is 2.15. The second-order valence-corrected chi connectivity index (χ2v) is 6.89. The van der Waals surface area contributed by atoms with Crippen molar-refractivity contribution in [2.75, 3.05) is 0 Å². The molecule has 1 atom stereocenters. The normalized spacial score (nSPS) is 12.7. The number of pyridine rings is 1. The first-order chi connectivity index (χ1) is 10.1. The average Bonchev–Trinajstić information content (AvgIpc) is 2.79. The van der Waals surface area contributed by atoms with Crippen molar-refractivity contribution in [2.24, 2.45) is 5.73 Å². The second kappa shape index (κ2) is 6.22. The van der Waals surface area contributed by atoms with Gasteiger partial charge in [0.1, 0.15) is 10.7 Å². The Labute approximate surface area is 136 Å². The topological polar surface area (TPSA) is 43.3 Å². The highest BCUT2D eigenvalue weighted by molar-refractivity contribution is 9.10. The van der Waals surface area contributed by atoms with E-state index in [9.17, 15) is 0 Å². The molecule has 0 amide bonds. The van der Waals surface area contributed by atoms with E-state index in [1.54, 1.807) is 11.8 Å². The monoisotopic (exact) mass is 361 g/mol. The van der Waals surface area contributed by atoms with E-state index in [0.29, 0.717) is 0 Å². The lowest BCUT2D eigenvalue weighted by Gasteiger charge is -2.08. The van der Waals surface area contributed by atoms with Crippen molar-refractivity contribution >= 4 is 33.3 Å². The molecular formula is C16H16BrN3S. The number of fused-ring (bicyclic) bond motifs is 1. The van der Waals surface area contributed by atoms with Crippen molar-refractivity contribution in [1.82, 2.24) is 9.38 Å². The smallest absolute Gasteiger partial charge is 0.138 e. The molecule has 5 heteroatoms. The zero-order valence-corrected chi connectivity index (χ0v) is 14.1. The molecule has 2 heterocycles. The van der Waals surface area contributed by atoms with Gasteiger partial charge in [-0.1, -0.05) is 30.0 Å². The summed E-state index contributed by atoms with van der Waals surface area (Å²) < 4.78 is 3.21. The van der Waals surface area contributed by atoms with Gasteiger partial charge in [0, 0.05) is 28.0 Å². The minimum atomic E-state index is 0.101. The van der Waals surface area contributed by atoms with Crippen LogP contribution in [-0.2, 0) is 6.42 Å². The standard InChI is InChI=1S/C16H16BrN3S/c1-11(18)10-13-16(19-15-8-4-5-9-20(13)15)21-14-7-3-2-6-12(14)17/h2-9,11H,10,18H2,1H3. The van der Waals surface area contributed by atoms with E-state index >= 15 is 0 Å². The van der Waals surface area contributed by atoms with Crippen LogP contribution in [0.15, 0.2) is 63.1 Å². The molecule has 0 saturated heterocycles. The minimum Gasteiger partial charge on any atom is -0.328 e.